The van der Waals surface area contributed by atoms with Gasteiger partial charge < -0.3 is 15.0 Å². The Hall–Kier alpha value is -3.55. The van der Waals surface area contributed by atoms with Crippen LogP contribution < -0.4 is 10.1 Å². The summed E-state index contributed by atoms with van der Waals surface area (Å²) in [6.45, 7) is 2.37. The summed E-state index contributed by atoms with van der Waals surface area (Å²) in [6.07, 6.45) is 6.90. The number of nitrogens with zero attached hydrogens (tertiary/aromatic N) is 4. The third kappa shape index (κ3) is 3.55. The molecular weight excluding hydrogens is 347 g/mol. The SMILES string of the molecule is CCOc1ncnc2[nH]cc(Cc3ccc(Nc4cccnc4)nc3F)c12. The van der Waals surface area contributed by atoms with Crippen LogP contribution in [-0.4, -0.2) is 31.5 Å². The Labute approximate surface area is 154 Å². The molecule has 4 aromatic heterocycles. The van der Waals surface area contributed by atoms with Gasteiger partial charge >= 0.3 is 0 Å². The van der Waals surface area contributed by atoms with Gasteiger partial charge in [0.1, 0.15) is 17.8 Å². The van der Waals surface area contributed by atoms with Gasteiger partial charge in [-0.15, -0.1) is 0 Å². The van der Waals surface area contributed by atoms with Crippen LogP contribution in [0.4, 0.5) is 15.9 Å². The van der Waals surface area contributed by atoms with Crippen LogP contribution in [0.25, 0.3) is 11.0 Å². The van der Waals surface area contributed by atoms with Gasteiger partial charge in [0.15, 0.2) is 0 Å². The molecule has 27 heavy (non-hydrogen) atoms. The highest BCUT2D eigenvalue weighted by molar-refractivity contribution is 5.85. The molecule has 0 fully saturated rings. The van der Waals surface area contributed by atoms with Crippen LogP contribution >= 0.6 is 0 Å². The average Bonchev–Trinajstić information content (AvgIpc) is 3.09. The second kappa shape index (κ2) is 7.36. The molecule has 0 aliphatic heterocycles. The minimum atomic E-state index is -0.534. The molecule has 0 aromatic carbocycles. The van der Waals surface area contributed by atoms with Gasteiger partial charge in [0, 0.05) is 24.4 Å². The van der Waals surface area contributed by atoms with Crippen LogP contribution in [0.2, 0.25) is 0 Å². The molecular formula is C19H17FN6O. The van der Waals surface area contributed by atoms with Gasteiger partial charge in [0.25, 0.3) is 0 Å². The molecule has 0 atom stereocenters. The quantitative estimate of drug-likeness (QED) is 0.508. The summed E-state index contributed by atoms with van der Waals surface area (Å²) in [5.74, 6) is 0.372. The Balaban J connectivity index is 1.61. The highest BCUT2D eigenvalue weighted by atomic mass is 19.1. The van der Waals surface area contributed by atoms with Crippen LogP contribution in [0, 0.1) is 5.95 Å². The Morgan fingerprint density at radius 1 is 1.19 bits per heavy atom. The molecule has 2 N–H and O–H groups in total. The number of aromatic amines is 1. The van der Waals surface area contributed by atoms with Gasteiger partial charge in [-0.1, -0.05) is 6.07 Å². The lowest BCUT2D eigenvalue weighted by molar-refractivity contribution is 0.330. The predicted octanol–water partition coefficient (Wildman–Crippen LogP) is 3.62. The Morgan fingerprint density at radius 2 is 2.11 bits per heavy atom. The summed E-state index contributed by atoms with van der Waals surface area (Å²) < 4.78 is 20.1. The van der Waals surface area contributed by atoms with Gasteiger partial charge in [-0.05, 0) is 30.7 Å². The summed E-state index contributed by atoms with van der Waals surface area (Å²) in [6, 6.07) is 7.08. The third-order valence-electron chi connectivity index (χ3n) is 4.04. The van der Waals surface area contributed by atoms with E-state index in [9.17, 15) is 4.39 Å². The van der Waals surface area contributed by atoms with Crippen molar-refractivity contribution < 1.29 is 9.13 Å². The molecule has 7 nitrogen and oxygen atoms in total. The van der Waals surface area contributed by atoms with Gasteiger partial charge in [-0.3, -0.25) is 4.98 Å². The van der Waals surface area contributed by atoms with E-state index in [1.807, 2.05) is 13.0 Å². The van der Waals surface area contributed by atoms with E-state index < -0.39 is 5.95 Å². The van der Waals surface area contributed by atoms with Crippen molar-refractivity contribution in [2.75, 3.05) is 11.9 Å². The number of hydrogen-bond acceptors (Lipinski definition) is 6. The average molecular weight is 364 g/mol. The molecule has 0 aliphatic carbocycles. The van der Waals surface area contributed by atoms with E-state index >= 15 is 0 Å². The number of fused-ring (bicyclic) bond motifs is 1. The monoisotopic (exact) mass is 364 g/mol. The van der Waals surface area contributed by atoms with Crippen molar-refractivity contribution in [2.45, 2.75) is 13.3 Å². The fourth-order valence-corrected chi connectivity index (χ4v) is 2.84. The van der Waals surface area contributed by atoms with Crippen molar-refractivity contribution in [1.29, 1.82) is 0 Å². The number of anilines is 2. The molecule has 4 heterocycles. The summed E-state index contributed by atoms with van der Waals surface area (Å²) in [5, 5.41) is 3.79. The highest BCUT2D eigenvalue weighted by Gasteiger charge is 2.15. The lowest BCUT2D eigenvalue weighted by Gasteiger charge is -2.08. The fraction of sp³-hybridized carbons (Fsp3) is 0.158. The fourth-order valence-electron chi connectivity index (χ4n) is 2.84. The number of rotatable bonds is 6. The third-order valence-corrected chi connectivity index (χ3v) is 4.04. The Kier molecular flexibility index (Phi) is 4.61. The number of halogens is 1. The molecule has 0 unspecified atom stereocenters. The van der Waals surface area contributed by atoms with Crippen LogP contribution in [0.5, 0.6) is 5.88 Å². The van der Waals surface area contributed by atoms with Crippen molar-refractivity contribution in [3.63, 3.8) is 0 Å². The smallest absolute Gasteiger partial charge is 0.226 e. The van der Waals surface area contributed by atoms with Crippen molar-refractivity contribution in [3.8, 4) is 5.88 Å². The van der Waals surface area contributed by atoms with Crippen molar-refractivity contribution in [1.82, 2.24) is 24.9 Å². The second-order valence-corrected chi connectivity index (χ2v) is 5.84. The van der Waals surface area contributed by atoms with E-state index in [2.05, 4.69) is 30.2 Å². The van der Waals surface area contributed by atoms with Crippen LogP contribution in [0.15, 0.2) is 49.2 Å². The highest BCUT2D eigenvalue weighted by Crippen LogP contribution is 2.28. The number of pyridine rings is 2. The van der Waals surface area contributed by atoms with Gasteiger partial charge in [-0.2, -0.15) is 4.39 Å². The number of aromatic nitrogens is 5. The summed E-state index contributed by atoms with van der Waals surface area (Å²) >= 11 is 0. The zero-order valence-corrected chi connectivity index (χ0v) is 14.6. The molecule has 0 saturated heterocycles. The lowest BCUT2D eigenvalue weighted by atomic mass is 10.1. The Morgan fingerprint density at radius 3 is 2.89 bits per heavy atom. The molecule has 0 aliphatic rings. The predicted molar refractivity (Wildman–Crippen MR) is 99.6 cm³/mol. The van der Waals surface area contributed by atoms with Gasteiger partial charge in [-0.25, -0.2) is 15.0 Å². The second-order valence-electron chi connectivity index (χ2n) is 5.84. The minimum absolute atomic E-state index is 0.347. The standard InChI is InChI=1S/C19H17FN6O/c1-2-27-19-16-13(9-22-18(16)23-11-24-19)8-12-5-6-15(26-17(12)20)25-14-4-3-7-21-10-14/h3-7,9-11H,2,8H2,1H3,(H,25,26)(H,22,23,24). The molecule has 0 spiro atoms. The number of hydrogen-bond donors (Lipinski definition) is 2. The molecule has 0 saturated carbocycles. The number of ether oxygens (including phenoxy) is 1. The topological polar surface area (TPSA) is 88.6 Å². The zero-order chi connectivity index (χ0) is 18.6. The largest absolute Gasteiger partial charge is 0.477 e. The van der Waals surface area contributed by atoms with E-state index in [0.717, 1.165) is 16.6 Å². The molecule has 4 rings (SSSR count). The minimum Gasteiger partial charge on any atom is -0.477 e. The van der Waals surface area contributed by atoms with Gasteiger partial charge in [0.05, 0.1) is 23.9 Å². The summed E-state index contributed by atoms with van der Waals surface area (Å²) in [7, 11) is 0. The maximum absolute atomic E-state index is 14.6. The summed E-state index contributed by atoms with van der Waals surface area (Å²) in [5.41, 5.74) is 2.72. The van der Waals surface area contributed by atoms with Crippen molar-refractivity contribution in [2.24, 2.45) is 0 Å². The molecule has 8 heteroatoms. The molecule has 0 amide bonds. The first-order valence-corrected chi connectivity index (χ1v) is 8.51. The lowest BCUT2D eigenvalue weighted by Crippen LogP contribution is -2.01. The van der Waals surface area contributed by atoms with Crippen LogP contribution in [0.3, 0.4) is 0 Å². The first kappa shape index (κ1) is 16.9. The van der Waals surface area contributed by atoms with E-state index in [1.165, 1.54) is 6.33 Å². The van der Waals surface area contributed by atoms with Crippen molar-refractivity contribution >= 4 is 22.5 Å². The first-order chi connectivity index (χ1) is 13.2. The van der Waals surface area contributed by atoms with Crippen LogP contribution in [-0.2, 0) is 6.42 Å². The number of nitrogens with one attached hydrogen (secondary N) is 2. The van der Waals surface area contributed by atoms with Gasteiger partial charge in [0.2, 0.25) is 11.8 Å². The molecule has 0 radical (unpaired) electrons. The normalized spacial score (nSPS) is 10.9. The summed E-state index contributed by atoms with van der Waals surface area (Å²) in [4.78, 5) is 19.5. The van der Waals surface area contributed by atoms with E-state index in [-0.39, 0.29) is 0 Å². The molecule has 4 aromatic rings. The maximum Gasteiger partial charge on any atom is 0.226 e. The maximum atomic E-state index is 14.6. The Bertz CT molecular complexity index is 1070. The van der Waals surface area contributed by atoms with Crippen LogP contribution in [0.1, 0.15) is 18.1 Å². The van der Waals surface area contributed by atoms with E-state index in [0.29, 0.717) is 35.9 Å². The zero-order valence-electron chi connectivity index (χ0n) is 14.6. The van der Waals surface area contributed by atoms with E-state index in [1.54, 1.807) is 36.8 Å². The van der Waals surface area contributed by atoms with E-state index in [4.69, 9.17) is 4.74 Å². The van der Waals surface area contributed by atoms with Crippen molar-refractivity contribution in [3.05, 3.63) is 66.3 Å². The molecule has 136 valence electrons. The first-order valence-electron chi connectivity index (χ1n) is 8.51. The molecule has 0 bridgehead atoms. The number of H-pyrrole nitrogens is 1.